The highest BCUT2D eigenvalue weighted by molar-refractivity contribution is 5.85. The molecule has 0 saturated carbocycles. The van der Waals surface area contributed by atoms with Gasteiger partial charge < -0.3 is 13.9 Å². The predicted molar refractivity (Wildman–Crippen MR) is 108 cm³/mol. The lowest BCUT2D eigenvalue weighted by Gasteiger charge is -2.18. The second-order valence-corrected chi connectivity index (χ2v) is 6.66. The van der Waals surface area contributed by atoms with E-state index in [-0.39, 0.29) is 11.5 Å². The minimum absolute atomic E-state index is 0.111. The van der Waals surface area contributed by atoms with Crippen LogP contribution in [0.3, 0.4) is 0 Å². The van der Waals surface area contributed by atoms with Crippen LogP contribution >= 0.6 is 0 Å². The first-order valence-electron chi connectivity index (χ1n) is 9.31. The molecule has 0 bridgehead atoms. The third kappa shape index (κ3) is 3.86. The number of hydrogen-bond acceptors (Lipinski definition) is 5. The van der Waals surface area contributed by atoms with E-state index in [2.05, 4.69) is 13.0 Å². The molecular formula is C23H23NO4. The van der Waals surface area contributed by atoms with E-state index >= 15 is 0 Å². The van der Waals surface area contributed by atoms with E-state index in [1.165, 1.54) is 0 Å². The number of unbranched alkanes of at least 4 members (excludes halogenated alkanes) is 1. The quantitative estimate of drug-likeness (QED) is 0.542. The topological polar surface area (TPSA) is 72.5 Å². The van der Waals surface area contributed by atoms with Gasteiger partial charge in [-0.15, -0.1) is 0 Å². The van der Waals surface area contributed by atoms with Gasteiger partial charge >= 0.3 is 5.63 Å². The zero-order valence-corrected chi connectivity index (χ0v) is 16.3. The second kappa shape index (κ2) is 8.62. The molecule has 1 atom stereocenters. The van der Waals surface area contributed by atoms with Gasteiger partial charge in [0.05, 0.1) is 31.2 Å². The Balaban J connectivity index is 2.17. The molecular weight excluding hydrogens is 354 g/mol. The van der Waals surface area contributed by atoms with Crippen LogP contribution in [0.15, 0.2) is 51.7 Å². The summed E-state index contributed by atoms with van der Waals surface area (Å²) in [6.45, 7) is 2.12. The highest BCUT2D eigenvalue weighted by Crippen LogP contribution is 2.35. The second-order valence-electron chi connectivity index (χ2n) is 6.66. The smallest absolute Gasteiger partial charge is 0.340 e. The standard InChI is InChI=1S/C23H23NO4/c1-4-5-6-18(16-9-7-15(14-24)8-10-16)19-13-20-21(27-3)11-17(26-2)12-22(20)28-23(19)25/h7-13,18H,4-6H2,1-3H3. The van der Waals surface area contributed by atoms with Crippen molar-refractivity contribution in [2.24, 2.45) is 0 Å². The van der Waals surface area contributed by atoms with Gasteiger partial charge in [0.2, 0.25) is 0 Å². The number of rotatable bonds is 7. The summed E-state index contributed by atoms with van der Waals surface area (Å²) < 4.78 is 16.4. The summed E-state index contributed by atoms with van der Waals surface area (Å²) in [6.07, 6.45) is 2.81. The van der Waals surface area contributed by atoms with Crippen molar-refractivity contribution >= 4 is 11.0 Å². The van der Waals surface area contributed by atoms with Crippen molar-refractivity contribution in [3.8, 4) is 17.6 Å². The van der Waals surface area contributed by atoms with Gasteiger partial charge in [-0.1, -0.05) is 31.9 Å². The Hall–Kier alpha value is -3.26. The number of methoxy groups -OCH3 is 2. The lowest BCUT2D eigenvalue weighted by atomic mass is 9.87. The Labute approximate surface area is 164 Å². The zero-order valence-electron chi connectivity index (χ0n) is 16.3. The molecule has 28 heavy (non-hydrogen) atoms. The summed E-state index contributed by atoms with van der Waals surface area (Å²) in [4.78, 5) is 12.8. The molecule has 3 aromatic rings. The normalized spacial score (nSPS) is 11.8. The van der Waals surface area contributed by atoms with Gasteiger partial charge in [-0.05, 0) is 30.2 Å². The van der Waals surface area contributed by atoms with Gasteiger partial charge in [-0.2, -0.15) is 5.26 Å². The molecule has 5 nitrogen and oxygen atoms in total. The number of hydrogen-bond donors (Lipinski definition) is 0. The minimum atomic E-state index is -0.367. The van der Waals surface area contributed by atoms with Crippen molar-refractivity contribution in [3.05, 3.63) is 69.6 Å². The van der Waals surface area contributed by atoms with Gasteiger partial charge in [0.15, 0.2) is 0 Å². The Morgan fingerprint density at radius 2 is 1.86 bits per heavy atom. The first-order chi connectivity index (χ1) is 13.6. The van der Waals surface area contributed by atoms with Crippen LogP contribution in [0.1, 0.15) is 48.8 Å². The van der Waals surface area contributed by atoms with E-state index < -0.39 is 0 Å². The number of benzene rings is 2. The molecule has 0 aliphatic carbocycles. The minimum Gasteiger partial charge on any atom is -0.496 e. The van der Waals surface area contributed by atoms with Crippen molar-refractivity contribution < 1.29 is 13.9 Å². The molecule has 0 aliphatic heterocycles. The maximum atomic E-state index is 12.8. The monoisotopic (exact) mass is 377 g/mol. The van der Waals surface area contributed by atoms with Crippen LogP contribution < -0.4 is 15.1 Å². The number of fused-ring (bicyclic) bond motifs is 1. The van der Waals surface area contributed by atoms with E-state index in [4.69, 9.17) is 19.2 Å². The molecule has 1 heterocycles. The maximum absolute atomic E-state index is 12.8. The summed E-state index contributed by atoms with van der Waals surface area (Å²) in [5, 5.41) is 9.78. The summed E-state index contributed by atoms with van der Waals surface area (Å²) in [5.41, 5.74) is 2.24. The molecule has 1 unspecified atom stereocenters. The summed E-state index contributed by atoms with van der Waals surface area (Å²) in [6, 6.07) is 14.8. The maximum Gasteiger partial charge on any atom is 0.340 e. The zero-order chi connectivity index (χ0) is 20.1. The molecule has 0 spiro atoms. The highest BCUT2D eigenvalue weighted by atomic mass is 16.5. The highest BCUT2D eigenvalue weighted by Gasteiger charge is 2.21. The summed E-state index contributed by atoms with van der Waals surface area (Å²) >= 11 is 0. The molecule has 0 N–H and O–H groups in total. The SMILES string of the molecule is CCCCC(c1ccc(C#N)cc1)c1cc2c(OC)cc(OC)cc2oc1=O. The first-order valence-corrected chi connectivity index (χ1v) is 9.31. The van der Waals surface area contributed by atoms with E-state index in [1.807, 2.05) is 18.2 Å². The largest absolute Gasteiger partial charge is 0.496 e. The van der Waals surface area contributed by atoms with Gasteiger partial charge in [-0.25, -0.2) is 4.79 Å². The Morgan fingerprint density at radius 3 is 2.46 bits per heavy atom. The van der Waals surface area contributed by atoms with E-state index in [0.717, 1.165) is 30.2 Å². The third-order valence-electron chi connectivity index (χ3n) is 4.94. The van der Waals surface area contributed by atoms with Crippen LogP contribution in [0, 0.1) is 11.3 Å². The fourth-order valence-electron chi connectivity index (χ4n) is 3.41. The molecule has 0 radical (unpaired) electrons. The Bertz CT molecular complexity index is 1060. The van der Waals surface area contributed by atoms with Crippen molar-refractivity contribution in [1.82, 2.24) is 0 Å². The van der Waals surface area contributed by atoms with Crippen LogP contribution in [-0.2, 0) is 0 Å². The fraction of sp³-hybridized carbons (Fsp3) is 0.304. The van der Waals surface area contributed by atoms with E-state index in [9.17, 15) is 4.79 Å². The van der Waals surface area contributed by atoms with Crippen molar-refractivity contribution in [2.45, 2.75) is 32.1 Å². The van der Waals surface area contributed by atoms with Crippen LogP contribution in [0.25, 0.3) is 11.0 Å². The fourth-order valence-corrected chi connectivity index (χ4v) is 3.41. The Kier molecular flexibility index (Phi) is 6.00. The molecule has 0 saturated heterocycles. The molecule has 144 valence electrons. The van der Waals surface area contributed by atoms with Gasteiger partial charge in [0.1, 0.15) is 17.1 Å². The lowest BCUT2D eigenvalue weighted by molar-refractivity contribution is 0.395. The van der Waals surface area contributed by atoms with Crippen molar-refractivity contribution in [2.75, 3.05) is 14.2 Å². The number of nitrogens with zero attached hydrogens (tertiary/aromatic N) is 1. The third-order valence-corrected chi connectivity index (χ3v) is 4.94. The van der Waals surface area contributed by atoms with Crippen LogP contribution in [-0.4, -0.2) is 14.2 Å². The van der Waals surface area contributed by atoms with Crippen LogP contribution in [0.4, 0.5) is 0 Å². The average molecular weight is 377 g/mol. The van der Waals surface area contributed by atoms with Crippen molar-refractivity contribution in [1.29, 1.82) is 5.26 Å². The van der Waals surface area contributed by atoms with Crippen LogP contribution in [0.5, 0.6) is 11.5 Å². The van der Waals surface area contributed by atoms with Crippen LogP contribution in [0.2, 0.25) is 0 Å². The predicted octanol–water partition coefficient (Wildman–Crippen LogP) is 5.00. The number of ether oxygens (including phenoxy) is 2. The van der Waals surface area contributed by atoms with Gasteiger partial charge in [-0.3, -0.25) is 0 Å². The Morgan fingerprint density at radius 1 is 1.11 bits per heavy atom. The van der Waals surface area contributed by atoms with Gasteiger partial charge in [0, 0.05) is 23.6 Å². The molecule has 5 heteroatoms. The molecule has 3 rings (SSSR count). The number of nitriles is 1. The molecule has 0 amide bonds. The lowest BCUT2D eigenvalue weighted by Crippen LogP contribution is -2.14. The first kappa shape index (κ1) is 19.5. The van der Waals surface area contributed by atoms with E-state index in [1.54, 1.807) is 38.5 Å². The molecule has 2 aromatic carbocycles. The summed E-state index contributed by atoms with van der Waals surface area (Å²) in [7, 11) is 3.13. The summed E-state index contributed by atoms with van der Waals surface area (Å²) in [5.74, 6) is 1.04. The average Bonchev–Trinajstić information content (AvgIpc) is 2.73. The molecule has 0 aliphatic rings. The molecule has 1 aromatic heterocycles. The molecule has 0 fully saturated rings. The van der Waals surface area contributed by atoms with E-state index in [0.29, 0.717) is 28.2 Å². The van der Waals surface area contributed by atoms with Gasteiger partial charge in [0.25, 0.3) is 0 Å². The van der Waals surface area contributed by atoms with Crippen molar-refractivity contribution in [3.63, 3.8) is 0 Å².